The molecule has 10 heteroatoms. The zero-order chi connectivity index (χ0) is 22.6. The zero-order valence-corrected chi connectivity index (χ0v) is 17.5. The highest BCUT2D eigenvalue weighted by atomic mass is 32.2. The SMILES string of the molecule is NCOc1cc(C#Cc2cccnc2)cc2cnc(Nc3ccc(S(N)(=O)=O)cc3)nc12. The molecule has 0 bridgehead atoms. The molecule has 32 heavy (non-hydrogen) atoms. The van der Waals surface area contributed by atoms with Gasteiger partial charge in [0.25, 0.3) is 0 Å². The number of fused-ring (bicyclic) bond motifs is 1. The van der Waals surface area contributed by atoms with Crippen LogP contribution in [0.1, 0.15) is 11.1 Å². The average Bonchev–Trinajstić information content (AvgIpc) is 2.79. The minimum absolute atomic E-state index is 0.0148. The molecule has 0 unspecified atom stereocenters. The molecule has 0 atom stereocenters. The van der Waals surface area contributed by atoms with Gasteiger partial charge in [-0.15, -0.1) is 0 Å². The number of rotatable bonds is 5. The largest absolute Gasteiger partial charge is 0.476 e. The van der Waals surface area contributed by atoms with E-state index in [0.29, 0.717) is 28.5 Å². The summed E-state index contributed by atoms with van der Waals surface area (Å²) in [5, 5.41) is 8.87. The van der Waals surface area contributed by atoms with E-state index in [1.807, 2.05) is 18.2 Å². The number of hydrogen-bond acceptors (Lipinski definition) is 8. The molecule has 2 aromatic heterocycles. The fraction of sp³-hybridized carbons (Fsp3) is 0.0455. The van der Waals surface area contributed by atoms with Crippen LogP contribution < -0.4 is 20.9 Å². The van der Waals surface area contributed by atoms with Gasteiger partial charge in [0.2, 0.25) is 16.0 Å². The summed E-state index contributed by atoms with van der Waals surface area (Å²) in [4.78, 5) is 12.9. The number of nitrogens with two attached hydrogens (primary N) is 2. The lowest BCUT2D eigenvalue weighted by atomic mass is 10.1. The van der Waals surface area contributed by atoms with Crippen molar-refractivity contribution in [2.75, 3.05) is 12.0 Å². The van der Waals surface area contributed by atoms with Crippen LogP contribution in [-0.4, -0.2) is 30.1 Å². The summed E-state index contributed by atoms with van der Waals surface area (Å²) in [6.45, 7) is -0.0314. The Morgan fingerprint density at radius 1 is 1.03 bits per heavy atom. The van der Waals surface area contributed by atoms with Crippen LogP contribution in [0.5, 0.6) is 5.75 Å². The van der Waals surface area contributed by atoms with Gasteiger partial charge in [-0.1, -0.05) is 11.8 Å². The highest BCUT2D eigenvalue weighted by Gasteiger charge is 2.10. The molecule has 0 saturated heterocycles. The molecule has 0 aliphatic carbocycles. The van der Waals surface area contributed by atoms with Crippen molar-refractivity contribution in [1.82, 2.24) is 15.0 Å². The summed E-state index contributed by atoms with van der Waals surface area (Å²) in [5.41, 5.74) is 8.25. The number of benzene rings is 2. The molecular weight excluding hydrogens is 428 g/mol. The highest BCUT2D eigenvalue weighted by Crippen LogP contribution is 2.27. The topological polar surface area (TPSA) is 146 Å². The normalized spacial score (nSPS) is 10.9. The van der Waals surface area contributed by atoms with E-state index in [2.05, 4.69) is 32.1 Å². The summed E-state index contributed by atoms with van der Waals surface area (Å²) in [7, 11) is -3.76. The van der Waals surface area contributed by atoms with Crippen molar-refractivity contribution in [2.24, 2.45) is 10.9 Å². The van der Waals surface area contributed by atoms with E-state index in [0.717, 1.165) is 10.9 Å². The summed E-state index contributed by atoms with van der Waals surface area (Å²) in [6.07, 6.45) is 5.01. The molecule has 0 fully saturated rings. The van der Waals surface area contributed by atoms with Crippen LogP contribution in [-0.2, 0) is 10.0 Å². The first-order valence-electron chi connectivity index (χ1n) is 9.38. The van der Waals surface area contributed by atoms with Gasteiger partial charge in [-0.3, -0.25) is 10.7 Å². The van der Waals surface area contributed by atoms with Gasteiger partial charge in [-0.2, -0.15) is 0 Å². The summed E-state index contributed by atoms with van der Waals surface area (Å²) < 4.78 is 28.4. The summed E-state index contributed by atoms with van der Waals surface area (Å²) in [5.74, 6) is 6.90. The molecule has 0 amide bonds. The maximum absolute atomic E-state index is 11.4. The molecule has 4 aromatic rings. The van der Waals surface area contributed by atoms with Crippen LogP contribution in [0.4, 0.5) is 11.6 Å². The monoisotopic (exact) mass is 446 g/mol. The molecule has 0 spiro atoms. The van der Waals surface area contributed by atoms with Gasteiger partial charge >= 0.3 is 0 Å². The second-order valence-electron chi connectivity index (χ2n) is 6.60. The lowest BCUT2D eigenvalue weighted by Crippen LogP contribution is -2.11. The van der Waals surface area contributed by atoms with Crippen LogP contribution in [0.3, 0.4) is 0 Å². The molecule has 160 valence electrons. The molecule has 0 aliphatic heterocycles. The first-order chi connectivity index (χ1) is 15.4. The average molecular weight is 446 g/mol. The van der Waals surface area contributed by atoms with Crippen molar-refractivity contribution in [3.8, 4) is 17.6 Å². The molecule has 2 heterocycles. The Labute approximate surface area is 184 Å². The van der Waals surface area contributed by atoms with Crippen molar-refractivity contribution < 1.29 is 13.2 Å². The number of ether oxygens (including phenoxy) is 1. The second-order valence-corrected chi connectivity index (χ2v) is 8.16. The standard InChI is InChI=1S/C22H18N6O3S/c23-14-31-20-11-16(4-3-15-2-1-9-25-12-15)10-17-13-26-22(28-21(17)20)27-18-5-7-19(8-6-18)32(24,29)30/h1-2,5-13H,14,23H2,(H2,24,29,30)(H,26,27,28). The number of aromatic nitrogens is 3. The van der Waals surface area contributed by atoms with E-state index in [9.17, 15) is 8.42 Å². The first-order valence-corrected chi connectivity index (χ1v) is 10.9. The third kappa shape index (κ3) is 4.98. The van der Waals surface area contributed by atoms with Crippen molar-refractivity contribution in [1.29, 1.82) is 0 Å². The molecule has 0 radical (unpaired) electrons. The fourth-order valence-corrected chi connectivity index (χ4v) is 3.40. The maximum atomic E-state index is 11.4. The third-order valence-electron chi connectivity index (χ3n) is 4.34. The van der Waals surface area contributed by atoms with E-state index in [1.165, 1.54) is 12.1 Å². The molecular formula is C22H18N6O3S. The number of hydrogen-bond donors (Lipinski definition) is 3. The van der Waals surface area contributed by atoms with Gasteiger partial charge < -0.3 is 10.1 Å². The minimum atomic E-state index is -3.76. The van der Waals surface area contributed by atoms with Gasteiger partial charge in [-0.05, 0) is 48.5 Å². The first kappa shape index (κ1) is 21.2. The highest BCUT2D eigenvalue weighted by molar-refractivity contribution is 7.89. The Bertz CT molecular complexity index is 1430. The second kappa shape index (κ2) is 8.99. The summed E-state index contributed by atoms with van der Waals surface area (Å²) in [6, 6.07) is 13.2. The van der Waals surface area contributed by atoms with Gasteiger partial charge in [0.05, 0.1) is 4.90 Å². The number of sulfonamides is 1. The molecule has 0 aliphatic rings. The van der Waals surface area contributed by atoms with E-state index in [-0.39, 0.29) is 11.6 Å². The fourth-order valence-electron chi connectivity index (χ4n) is 2.88. The number of nitrogens with zero attached hydrogens (tertiary/aromatic N) is 3. The number of pyridine rings is 1. The smallest absolute Gasteiger partial charge is 0.238 e. The quantitative estimate of drug-likeness (QED) is 0.312. The molecule has 0 saturated carbocycles. The van der Waals surface area contributed by atoms with Gasteiger partial charge in [0.15, 0.2) is 0 Å². The summed E-state index contributed by atoms with van der Waals surface area (Å²) >= 11 is 0. The lowest BCUT2D eigenvalue weighted by Gasteiger charge is -2.10. The van der Waals surface area contributed by atoms with Gasteiger partial charge in [-0.25, -0.2) is 23.5 Å². The Morgan fingerprint density at radius 3 is 2.50 bits per heavy atom. The van der Waals surface area contributed by atoms with Crippen molar-refractivity contribution in [2.45, 2.75) is 4.90 Å². The van der Waals surface area contributed by atoms with Gasteiger partial charge in [0.1, 0.15) is 18.0 Å². The Kier molecular flexibility index (Phi) is 5.96. The number of anilines is 2. The Balaban J connectivity index is 1.66. The predicted octanol–water partition coefficient (Wildman–Crippen LogP) is 2.11. The molecule has 5 N–H and O–H groups in total. The maximum Gasteiger partial charge on any atom is 0.238 e. The minimum Gasteiger partial charge on any atom is -0.476 e. The van der Waals surface area contributed by atoms with Crippen LogP contribution in [0, 0.1) is 11.8 Å². The molecule has 2 aromatic carbocycles. The molecule has 9 nitrogen and oxygen atoms in total. The van der Waals surface area contributed by atoms with Gasteiger partial charge in [0, 0.05) is 40.8 Å². The Hall–Kier alpha value is -4.04. The number of nitrogens with one attached hydrogen (secondary N) is 1. The van der Waals surface area contributed by atoms with E-state index in [4.69, 9.17) is 15.6 Å². The van der Waals surface area contributed by atoms with Crippen LogP contribution in [0.15, 0.2) is 72.0 Å². The van der Waals surface area contributed by atoms with E-state index >= 15 is 0 Å². The zero-order valence-electron chi connectivity index (χ0n) is 16.7. The van der Waals surface area contributed by atoms with Crippen LogP contribution >= 0.6 is 0 Å². The molecule has 4 rings (SSSR count). The van der Waals surface area contributed by atoms with E-state index < -0.39 is 10.0 Å². The predicted molar refractivity (Wildman–Crippen MR) is 121 cm³/mol. The van der Waals surface area contributed by atoms with Crippen LogP contribution in [0.25, 0.3) is 10.9 Å². The Morgan fingerprint density at radius 2 is 1.81 bits per heavy atom. The van der Waals surface area contributed by atoms with Crippen molar-refractivity contribution in [3.05, 3.63) is 78.2 Å². The van der Waals surface area contributed by atoms with Crippen LogP contribution in [0.2, 0.25) is 0 Å². The van der Waals surface area contributed by atoms with E-state index in [1.54, 1.807) is 36.8 Å². The lowest BCUT2D eigenvalue weighted by molar-refractivity contribution is 0.333. The number of primary sulfonamides is 1. The van der Waals surface area contributed by atoms with Crippen molar-refractivity contribution in [3.63, 3.8) is 0 Å². The third-order valence-corrected chi connectivity index (χ3v) is 5.27. The van der Waals surface area contributed by atoms with Crippen molar-refractivity contribution >= 4 is 32.6 Å².